The first-order valence-electron chi connectivity index (χ1n) is 11.6. The Hall–Kier alpha value is -2.84. The first-order chi connectivity index (χ1) is 16.2. The fourth-order valence-electron chi connectivity index (χ4n) is 4.77. The summed E-state index contributed by atoms with van der Waals surface area (Å²) in [6.07, 6.45) is 2.28. The number of H-pyrrole nitrogens is 1. The van der Waals surface area contributed by atoms with Crippen LogP contribution in [0.1, 0.15) is 50.5 Å². The molecule has 1 aliphatic rings. The molecular formula is C26H29F3N2O3. The van der Waals surface area contributed by atoms with E-state index in [0.717, 1.165) is 11.6 Å². The molecule has 3 aromatic rings. The van der Waals surface area contributed by atoms with Crippen LogP contribution < -0.4 is 5.32 Å². The number of fused-ring (bicyclic) bond motifs is 1. The van der Waals surface area contributed by atoms with Crippen molar-refractivity contribution in [2.24, 2.45) is 5.92 Å². The summed E-state index contributed by atoms with van der Waals surface area (Å²) < 4.78 is 42.0. The van der Waals surface area contributed by atoms with Crippen LogP contribution in [0.3, 0.4) is 0 Å². The van der Waals surface area contributed by atoms with Gasteiger partial charge in [0.05, 0.1) is 16.8 Å². The lowest BCUT2D eigenvalue weighted by Gasteiger charge is -2.36. The van der Waals surface area contributed by atoms with E-state index in [0.29, 0.717) is 48.7 Å². The third-order valence-corrected chi connectivity index (χ3v) is 6.96. The van der Waals surface area contributed by atoms with Crippen LogP contribution in [0.2, 0.25) is 0 Å². The van der Waals surface area contributed by atoms with Crippen LogP contribution in [-0.2, 0) is 4.79 Å². The van der Waals surface area contributed by atoms with Gasteiger partial charge < -0.3 is 20.5 Å². The highest BCUT2D eigenvalue weighted by molar-refractivity contribution is 5.92. The molecule has 182 valence electrons. The molecular weight excluding hydrogens is 445 g/mol. The van der Waals surface area contributed by atoms with Gasteiger partial charge in [-0.1, -0.05) is 6.92 Å². The van der Waals surface area contributed by atoms with Crippen LogP contribution in [0.5, 0.6) is 0 Å². The van der Waals surface area contributed by atoms with Crippen molar-refractivity contribution in [1.82, 2.24) is 10.3 Å². The van der Waals surface area contributed by atoms with E-state index in [2.05, 4.69) is 10.3 Å². The smallest absolute Gasteiger partial charge is 0.223 e. The molecule has 1 fully saturated rings. The fourth-order valence-corrected chi connectivity index (χ4v) is 4.77. The van der Waals surface area contributed by atoms with Crippen molar-refractivity contribution in [3.05, 3.63) is 59.4 Å². The minimum Gasteiger partial charge on any atom is -0.396 e. The van der Waals surface area contributed by atoms with Crippen molar-refractivity contribution in [3.8, 4) is 11.3 Å². The van der Waals surface area contributed by atoms with Crippen molar-refractivity contribution in [3.63, 3.8) is 0 Å². The molecule has 2 aromatic carbocycles. The topological polar surface area (TPSA) is 85.3 Å². The van der Waals surface area contributed by atoms with Crippen LogP contribution in [-0.4, -0.2) is 39.9 Å². The molecule has 8 heteroatoms. The van der Waals surface area contributed by atoms with E-state index in [1.54, 1.807) is 12.1 Å². The summed E-state index contributed by atoms with van der Waals surface area (Å²) in [5.41, 5.74) is 1.07. The summed E-state index contributed by atoms with van der Waals surface area (Å²) in [5, 5.41) is 22.9. The SMILES string of the molecule is CCC(O)(CCCO)CNC(=O)[C@H]1C[C@H](c2c(-c3ccc(F)cc3)[nH]c3c(F)cc(F)cc32)C1. The van der Waals surface area contributed by atoms with E-state index >= 15 is 0 Å². The van der Waals surface area contributed by atoms with E-state index < -0.39 is 23.1 Å². The lowest BCUT2D eigenvalue weighted by atomic mass is 9.69. The largest absolute Gasteiger partial charge is 0.396 e. The number of aromatic amines is 1. The lowest BCUT2D eigenvalue weighted by molar-refractivity contribution is -0.129. The minimum atomic E-state index is -1.07. The maximum Gasteiger partial charge on any atom is 0.223 e. The molecule has 0 radical (unpaired) electrons. The van der Waals surface area contributed by atoms with Gasteiger partial charge in [0, 0.05) is 30.5 Å². The molecule has 4 rings (SSSR count). The first kappa shape index (κ1) is 24.3. The van der Waals surface area contributed by atoms with Crippen LogP contribution in [0.25, 0.3) is 22.2 Å². The molecule has 1 unspecified atom stereocenters. The average Bonchev–Trinajstić information content (AvgIpc) is 3.15. The summed E-state index contributed by atoms with van der Waals surface area (Å²) in [6, 6.07) is 7.89. The number of carbonyl (C=O) groups is 1. The third kappa shape index (κ3) is 4.83. The maximum atomic E-state index is 14.5. The van der Waals surface area contributed by atoms with Crippen LogP contribution in [0.15, 0.2) is 36.4 Å². The van der Waals surface area contributed by atoms with Gasteiger partial charge in [-0.05, 0) is 79.5 Å². The second-order valence-electron chi connectivity index (χ2n) is 9.22. The summed E-state index contributed by atoms with van der Waals surface area (Å²) in [6.45, 7) is 1.91. The Morgan fingerprint density at radius 3 is 2.50 bits per heavy atom. The van der Waals surface area contributed by atoms with Crippen LogP contribution in [0.4, 0.5) is 13.2 Å². The van der Waals surface area contributed by atoms with Crippen LogP contribution in [0, 0.1) is 23.4 Å². The van der Waals surface area contributed by atoms with Crippen LogP contribution >= 0.6 is 0 Å². The van der Waals surface area contributed by atoms with Crippen molar-refractivity contribution in [2.45, 2.75) is 50.5 Å². The number of benzene rings is 2. The molecule has 5 nitrogen and oxygen atoms in total. The molecule has 1 heterocycles. The van der Waals surface area contributed by atoms with E-state index in [-0.39, 0.29) is 36.4 Å². The summed E-state index contributed by atoms with van der Waals surface area (Å²) in [5.74, 6) is -2.36. The summed E-state index contributed by atoms with van der Waals surface area (Å²) >= 11 is 0. The molecule has 4 N–H and O–H groups in total. The van der Waals surface area contributed by atoms with Gasteiger partial charge >= 0.3 is 0 Å². The molecule has 1 amide bonds. The van der Waals surface area contributed by atoms with Gasteiger partial charge in [-0.15, -0.1) is 0 Å². The molecule has 0 saturated heterocycles. The predicted octanol–water partition coefficient (Wildman–Crippen LogP) is 4.78. The monoisotopic (exact) mass is 474 g/mol. The van der Waals surface area contributed by atoms with E-state index in [4.69, 9.17) is 5.11 Å². The van der Waals surface area contributed by atoms with Gasteiger partial charge in [0.1, 0.15) is 17.5 Å². The van der Waals surface area contributed by atoms with Gasteiger partial charge in [-0.25, -0.2) is 13.2 Å². The van der Waals surface area contributed by atoms with E-state index in [9.17, 15) is 23.1 Å². The molecule has 0 aliphatic heterocycles. The zero-order valence-electron chi connectivity index (χ0n) is 19.0. The number of aliphatic hydroxyl groups excluding tert-OH is 1. The molecule has 1 saturated carbocycles. The Morgan fingerprint density at radius 1 is 1.15 bits per heavy atom. The van der Waals surface area contributed by atoms with E-state index in [1.807, 2.05) is 6.92 Å². The number of aliphatic hydroxyl groups is 2. The predicted molar refractivity (Wildman–Crippen MR) is 124 cm³/mol. The van der Waals surface area contributed by atoms with Crippen molar-refractivity contribution in [1.29, 1.82) is 0 Å². The van der Waals surface area contributed by atoms with Gasteiger partial charge in [-0.2, -0.15) is 0 Å². The Labute approximate surface area is 196 Å². The summed E-state index contributed by atoms with van der Waals surface area (Å²) in [4.78, 5) is 15.7. The number of hydrogen-bond donors (Lipinski definition) is 4. The second-order valence-corrected chi connectivity index (χ2v) is 9.22. The highest BCUT2D eigenvalue weighted by Gasteiger charge is 2.39. The number of nitrogens with one attached hydrogen (secondary N) is 2. The molecule has 0 spiro atoms. The average molecular weight is 475 g/mol. The number of amides is 1. The quantitative estimate of drug-likeness (QED) is 0.360. The summed E-state index contributed by atoms with van der Waals surface area (Å²) in [7, 11) is 0. The molecule has 1 aromatic heterocycles. The maximum absolute atomic E-state index is 14.5. The molecule has 1 atom stereocenters. The normalized spacial score (nSPS) is 19.6. The number of hydrogen-bond acceptors (Lipinski definition) is 3. The lowest BCUT2D eigenvalue weighted by Crippen LogP contribution is -2.46. The molecule has 0 bridgehead atoms. The van der Waals surface area contributed by atoms with Crippen molar-refractivity contribution in [2.75, 3.05) is 13.2 Å². The second kappa shape index (κ2) is 9.80. The minimum absolute atomic E-state index is 0.0250. The zero-order valence-corrected chi connectivity index (χ0v) is 19.0. The number of halogens is 3. The number of carbonyl (C=O) groups excluding carboxylic acids is 1. The van der Waals surface area contributed by atoms with Gasteiger partial charge in [0.25, 0.3) is 0 Å². The Bertz CT molecular complexity index is 1170. The fraction of sp³-hybridized carbons (Fsp3) is 0.423. The third-order valence-electron chi connectivity index (χ3n) is 6.96. The van der Waals surface area contributed by atoms with Gasteiger partial charge in [0.15, 0.2) is 0 Å². The molecule has 34 heavy (non-hydrogen) atoms. The Morgan fingerprint density at radius 2 is 1.85 bits per heavy atom. The Balaban J connectivity index is 1.54. The van der Waals surface area contributed by atoms with Gasteiger partial charge in [-0.3, -0.25) is 4.79 Å². The zero-order chi connectivity index (χ0) is 24.5. The molecule has 1 aliphatic carbocycles. The highest BCUT2D eigenvalue weighted by Crippen LogP contribution is 2.48. The van der Waals surface area contributed by atoms with Gasteiger partial charge in [0.2, 0.25) is 5.91 Å². The standard InChI is InChI=1S/C26H29F3N2O3/c1-2-26(34,8-3-9-32)14-30-25(33)17-10-16(11-17)22-20-12-19(28)13-21(29)24(20)31-23(22)15-4-6-18(27)7-5-15/h4-7,12-13,16-17,31-32,34H,2-3,8-11,14H2,1H3,(H,30,33)/t16-,17-,26?. The number of rotatable bonds is 9. The van der Waals surface area contributed by atoms with E-state index in [1.165, 1.54) is 18.2 Å². The van der Waals surface area contributed by atoms with Crippen molar-refractivity contribution < 1.29 is 28.2 Å². The van der Waals surface area contributed by atoms with Crippen molar-refractivity contribution >= 4 is 16.8 Å². The first-order valence-corrected chi connectivity index (χ1v) is 11.6. The number of aromatic nitrogens is 1. The Kier molecular flexibility index (Phi) is 7.00. The highest BCUT2D eigenvalue weighted by atomic mass is 19.1.